The van der Waals surface area contributed by atoms with Gasteiger partial charge in [-0.2, -0.15) is 0 Å². The van der Waals surface area contributed by atoms with Crippen molar-refractivity contribution in [2.24, 2.45) is 0 Å². The Morgan fingerprint density at radius 1 is 1.09 bits per heavy atom. The molecule has 0 aliphatic rings. The predicted molar refractivity (Wildman–Crippen MR) is 49.8 cm³/mol. The van der Waals surface area contributed by atoms with Crippen LogP contribution in [0.15, 0.2) is 42.5 Å². The number of hydrogen-bond acceptors (Lipinski definition) is 0. The Balaban J connectivity index is 2.45. The molecule has 1 aromatic carbocycles. The Bertz CT molecular complexity index is 214. The number of hydrogen-bond donors (Lipinski definition) is 0. The summed E-state index contributed by atoms with van der Waals surface area (Å²) in [5.74, 6) is 0. The third-order valence-corrected chi connectivity index (χ3v) is 1.77. The van der Waals surface area contributed by atoms with Crippen LogP contribution in [0.25, 0.3) is 0 Å². The predicted octanol–water partition coefficient (Wildman–Crippen LogP) is 2.37. The van der Waals surface area contributed by atoms with Crippen LogP contribution in [0.1, 0.15) is 5.56 Å². The Labute approximate surface area is 76.4 Å². The van der Waals surface area contributed by atoms with E-state index in [4.69, 9.17) is 0 Å². The van der Waals surface area contributed by atoms with Crippen molar-refractivity contribution in [3.63, 3.8) is 0 Å². The van der Waals surface area contributed by atoms with Crippen molar-refractivity contribution in [1.82, 2.24) is 0 Å². The average Bonchev–Trinajstić information content (AvgIpc) is 2.07. The summed E-state index contributed by atoms with van der Waals surface area (Å²) in [6.07, 6.45) is 5.41. The summed E-state index contributed by atoms with van der Waals surface area (Å²) in [6, 6.07) is 10.5. The average molecular weight is 158 g/mol. The van der Waals surface area contributed by atoms with Crippen molar-refractivity contribution >= 4 is 16.3 Å². The van der Waals surface area contributed by atoms with Crippen LogP contribution in [0.2, 0.25) is 5.28 Å². The molecule has 0 atom stereocenters. The maximum absolute atomic E-state index is 2.68. The number of allylic oxidation sites excluding steroid dienone is 2. The van der Waals surface area contributed by atoms with Crippen molar-refractivity contribution in [2.75, 3.05) is 0 Å². The second kappa shape index (κ2) is 5.18. The second-order valence-electron chi connectivity index (χ2n) is 2.40. The molecule has 11 heavy (non-hydrogen) atoms. The molecule has 0 saturated carbocycles. The Morgan fingerprint density at radius 2 is 1.82 bits per heavy atom. The van der Waals surface area contributed by atoms with Crippen LogP contribution in [0.4, 0.5) is 0 Å². The van der Waals surface area contributed by atoms with Gasteiger partial charge in [0.15, 0.2) is 0 Å². The van der Waals surface area contributed by atoms with Gasteiger partial charge in [0.25, 0.3) is 0 Å². The third kappa shape index (κ3) is 3.41. The summed E-state index contributed by atoms with van der Waals surface area (Å²) >= 11 is 2.68. The van der Waals surface area contributed by atoms with E-state index in [1.807, 2.05) is 6.07 Å². The molecule has 0 aromatic heterocycles. The van der Waals surface area contributed by atoms with Gasteiger partial charge in [-0.3, -0.25) is 0 Å². The fourth-order valence-corrected chi connectivity index (χ4v) is 1.12. The number of rotatable bonds is 3. The number of benzene rings is 1. The topological polar surface area (TPSA) is 0 Å². The first-order valence-corrected chi connectivity index (χ1v) is 4.64. The summed E-state index contributed by atoms with van der Waals surface area (Å²) in [6.45, 7) is 0. The van der Waals surface area contributed by atoms with Crippen LogP contribution < -0.4 is 0 Å². The van der Waals surface area contributed by atoms with Crippen molar-refractivity contribution in [1.29, 1.82) is 0 Å². The van der Waals surface area contributed by atoms with Crippen molar-refractivity contribution in [3.8, 4) is 0 Å². The van der Waals surface area contributed by atoms with Crippen LogP contribution in [0, 0.1) is 0 Å². The molecule has 1 heteroatoms. The van der Waals surface area contributed by atoms with E-state index in [1.165, 1.54) is 5.56 Å². The van der Waals surface area contributed by atoms with Crippen molar-refractivity contribution in [3.05, 3.63) is 48.0 Å². The van der Waals surface area contributed by atoms with E-state index in [1.54, 1.807) is 0 Å². The molecule has 0 unspecified atom stereocenters. The van der Waals surface area contributed by atoms with Gasteiger partial charge in [-0.15, -0.1) is 0 Å². The molecule has 0 heterocycles. The van der Waals surface area contributed by atoms with Gasteiger partial charge >= 0.3 is 76.0 Å². The van der Waals surface area contributed by atoms with Gasteiger partial charge in [-0.25, -0.2) is 0 Å². The van der Waals surface area contributed by atoms with E-state index in [2.05, 4.69) is 52.7 Å². The summed E-state index contributed by atoms with van der Waals surface area (Å²) in [5, 5.41) is 1.05. The molecule has 0 aliphatic heterocycles. The molecule has 0 radical (unpaired) electrons. The van der Waals surface area contributed by atoms with Gasteiger partial charge in [0, 0.05) is 0 Å². The van der Waals surface area contributed by atoms with Crippen LogP contribution in [0.3, 0.4) is 0 Å². The van der Waals surface area contributed by atoms with E-state index in [0.29, 0.717) is 0 Å². The summed E-state index contributed by atoms with van der Waals surface area (Å²) in [4.78, 5) is 0. The van der Waals surface area contributed by atoms with E-state index < -0.39 is 0 Å². The van der Waals surface area contributed by atoms with Gasteiger partial charge in [0.05, 0.1) is 0 Å². The summed E-state index contributed by atoms with van der Waals surface area (Å²) in [5.41, 5.74) is 1.38. The van der Waals surface area contributed by atoms with Crippen molar-refractivity contribution in [2.45, 2.75) is 11.7 Å². The molecule has 0 bridgehead atoms. The molecule has 0 N–H and O–H groups in total. The normalized spacial score (nSPS) is 10.7. The molecular weight excluding hydrogens is 147 g/mol. The van der Waals surface area contributed by atoms with E-state index in [9.17, 15) is 0 Å². The van der Waals surface area contributed by atoms with E-state index in [0.717, 1.165) is 11.7 Å². The molecule has 0 spiro atoms. The van der Waals surface area contributed by atoms with Gasteiger partial charge in [-0.1, -0.05) is 0 Å². The SMILES string of the molecule is [Al+2][CH2]C=CCc1ccccc1. The molecule has 0 aliphatic carbocycles. The zero-order valence-electron chi connectivity index (χ0n) is 6.53. The molecule has 0 saturated heterocycles. The van der Waals surface area contributed by atoms with Crippen LogP contribution >= 0.6 is 0 Å². The summed E-state index contributed by atoms with van der Waals surface area (Å²) < 4.78 is 0. The van der Waals surface area contributed by atoms with Crippen LogP contribution in [0.5, 0.6) is 0 Å². The molecule has 52 valence electrons. The third-order valence-electron chi connectivity index (χ3n) is 1.50. The minimum atomic E-state index is 1.05. The second-order valence-corrected chi connectivity index (χ2v) is 2.87. The Morgan fingerprint density at radius 3 is 2.45 bits per heavy atom. The van der Waals surface area contributed by atoms with Gasteiger partial charge < -0.3 is 0 Å². The zero-order valence-corrected chi connectivity index (χ0v) is 7.69. The molecule has 1 rings (SSSR count). The Kier molecular flexibility index (Phi) is 4.05. The van der Waals surface area contributed by atoms with E-state index in [-0.39, 0.29) is 0 Å². The fourth-order valence-electron chi connectivity index (χ4n) is 0.930. The van der Waals surface area contributed by atoms with Crippen molar-refractivity contribution < 1.29 is 0 Å². The monoisotopic (exact) mass is 158 g/mol. The Hall–Kier alpha value is -0.508. The van der Waals surface area contributed by atoms with Crippen LogP contribution in [-0.4, -0.2) is 16.3 Å². The first-order chi connectivity index (χ1) is 5.43. The molecule has 0 amide bonds. The quantitative estimate of drug-likeness (QED) is 0.468. The van der Waals surface area contributed by atoms with E-state index >= 15 is 0 Å². The molecular formula is C10H11Al+2. The first-order valence-electron chi connectivity index (χ1n) is 3.82. The maximum atomic E-state index is 2.68. The van der Waals surface area contributed by atoms with Gasteiger partial charge in [0.2, 0.25) is 0 Å². The molecule has 1 aromatic rings. The first kappa shape index (κ1) is 8.59. The summed E-state index contributed by atoms with van der Waals surface area (Å²) in [7, 11) is 0. The van der Waals surface area contributed by atoms with Crippen LogP contribution in [-0.2, 0) is 6.42 Å². The zero-order chi connectivity index (χ0) is 7.94. The molecule has 0 fully saturated rings. The standard InChI is InChI=1S/C10H11.Al/c1-2-3-7-10-8-5-4-6-9-10;/h2-6,8-9H,1,7H2;/q;+2. The molecule has 0 nitrogen and oxygen atoms in total. The minimum absolute atomic E-state index is 1.05. The van der Waals surface area contributed by atoms with Gasteiger partial charge in [0.1, 0.15) is 0 Å². The fraction of sp³-hybridized carbons (Fsp3) is 0.200. The van der Waals surface area contributed by atoms with Gasteiger partial charge in [-0.05, 0) is 0 Å².